The Bertz CT molecular complexity index is 951. The van der Waals surface area contributed by atoms with Crippen molar-refractivity contribution in [2.45, 2.75) is 23.8 Å². The summed E-state index contributed by atoms with van der Waals surface area (Å²) in [5, 5.41) is 12.0. The molecule has 1 aliphatic rings. The van der Waals surface area contributed by atoms with Crippen LogP contribution in [0.15, 0.2) is 53.4 Å². The van der Waals surface area contributed by atoms with Crippen molar-refractivity contribution in [3.8, 4) is 6.07 Å². The van der Waals surface area contributed by atoms with E-state index < -0.39 is 16.1 Å². The number of nitriles is 1. The third-order valence-corrected chi connectivity index (χ3v) is 6.38. The summed E-state index contributed by atoms with van der Waals surface area (Å²) >= 11 is 5.82. The molecule has 0 aliphatic carbocycles. The summed E-state index contributed by atoms with van der Waals surface area (Å²) < 4.78 is 27.0. The number of sulfonamides is 1. The van der Waals surface area contributed by atoms with E-state index in [0.717, 1.165) is 0 Å². The lowest BCUT2D eigenvalue weighted by Gasteiger charge is -2.23. The second-order valence-electron chi connectivity index (χ2n) is 5.91. The minimum atomic E-state index is -3.78. The first-order valence-corrected chi connectivity index (χ1v) is 9.82. The second kappa shape index (κ2) is 7.46. The molecule has 1 heterocycles. The Hall–Kier alpha value is -2.40. The van der Waals surface area contributed by atoms with Gasteiger partial charge in [0, 0.05) is 17.3 Å². The summed E-state index contributed by atoms with van der Waals surface area (Å²) in [6.07, 6.45) is 1.06. The van der Waals surface area contributed by atoms with E-state index in [2.05, 4.69) is 5.32 Å². The maximum absolute atomic E-state index is 12.9. The van der Waals surface area contributed by atoms with Gasteiger partial charge in [-0.25, -0.2) is 8.42 Å². The number of benzene rings is 2. The molecule has 8 heteroatoms. The molecule has 26 heavy (non-hydrogen) atoms. The monoisotopic (exact) mass is 389 g/mol. The minimum Gasteiger partial charge on any atom is -0.325 e. The molecular formula is C18H16ClN3O3S. The van der Waals surface area contributed by atoms with Gasteiger partial charge in [-0.05, 0) is 61.4 Å². The van der Waals surface area contributed by atoms with Gasteiger partial charge in [-0.2, -0.15) is 9.57 Å². The molecule has 0 spiro atoms. The second-order valence-corrected chi connectivity index (χ2v) is 8.23. The van der Waals surface area contributed by atoms with Gasteiger partial charge in [-0.1, -0.05) is 11.6 Å². The van der Waals surface area contributed by atoms with Gasteiger partial charge in [0.15, 0.2) is 0 Å². The zero-order chi connectivity index (χ0) is 18.7. The van der Waals surface area contributed by atoms with Gasteiger partial charge in [0.25, 0.3) is 0 Å². The van der Waals surface area contributed by atoms with Crippen LogP contribution in [0, 0.1) is 11.3 Å². The molecule has 0 aromatic heterocycles. The van der Waals surface area contributed by atoms with Gasteiger partial charge >= 0.3 is 0 Å². The molecule has 0 radical (unpaired) electrons. The smallest absolute Gasteiger partial charge is 0.243 e. The molecule has 0 saturated carbocycles. The van der Waals surface area contributed by atoms with Crippen LogP contribution in [0.5, 0.6) is 0 Å². The first-order chi connectivity index (χ1) is 12.4. The first-order valence-electron chi connectivity index (χ1n) is 8.00. The topological polar surface area (TPSA) is 90.3 Å². The Morgan fingerprint density at radius 1 is 1.15 bits per heavy atom. The molecule has 1 N–H and O–H groups in total. The number of rotatable bonds is 4. The number of nitrogens with zero attached hydrogens (tertiary/aromatic N) is 2. The van der Waals surface area contributed by atoms with Crippen LogP contribution in [0.2, 0.25) is 5.02 Å². The lowest BCUT2D eigenvalue weighted by atomic mass is 10.2. The van der Waals surface area contributed by atoms with Crippen LogP contribution < -0.4 is 5.32 Å². The predicted molar refractivity (Wildman–Crippen MR) is 98.2 cm³/mol. The third-order valence-electron chi connectivity index (χ3n) is 4.21. The van der Waals surface area contributed by atoms with Crippen molar-refractivity contribution < 1.29 is 13.2 Å². The van der Waals surface area contributed by atoms with Crippen molar-refractivity contribution in [2.24, 2.45) is 0 Å². The highest BCUT2D eigenvalue weighted by atomic mass is 35.5. The van der Waals surface area contributed by atoms with Crippen LogP contribution in [-0.4, -0.2) is 31.2 Å². The molecule has 1 aliphatic heterocycles. The minimum absolute atomic E-state index is 0.111. The summed E-state index contributed by atoms with van der Waals surface area (Å²) in [4.78, 5) is 12.7. The van der Waals surface area contributed by atoms with E-state index in [-0.39, 0.29) is 17.3 Å². The Morgan fingerprint density at radius 2 is 1.81 bits per heavy atom. The van der Waals surface area contributed by atoms with Gasteiger partial charge in [0.2, 0.25) is 15.9 Å². The molecular weight excluding hydrogens is 374 g/mol. The molecule has 134 valence electrons. The highest BCUT2D eigenvalue weighted by molar-refractivity contribution is 7.89. The lowest BCUT2D eigenvalue weighted by molar-refractivity contribution is -0.119. The van der Waals surface area contributed by atoms with Crippen LogP contribution >= 0.6 is 11.6 Å². The van der Waals surface area contributed by atoms with Gasteiger partial charge in [0.1, 0.15) is 6.04 Å². The average Bonchev–Trinajstić information content (AvgIpc) is 3.13. The SMILES string of the molecule is N#Cc1ccc(NC(=O)[C@H]2CCCN2S(=O)(=O)c2ccc(Cl)cc2)cc1. The molecule has 1 atom stereocenters. The largest absolute Gasteiger partial charge is 0.325 e. The summed E-state index contributed by atoms with van der Waals surface area (Å²) in [7, 11) is -3.78. The van der Waals surface area contributed by atoms with E-state index in [9.17, 15) is 13.2 Å². The van der Waals surface area contributed by atoms with Gasteiger partial charge in [0.05, 0.1) is 16.5 Å². The molecule has 0 unspecified atom stereocenters. The van der Waals surface area contributed by atoms with Crippen molar-refractivity contribution in [3.63, 3.8) is 0 Å². The Morgan fingerprint density at radius 3 is 2.42 bits per heavy atom. The van der Waals surface area contributed by atoms with Crippen LogP contribution in [0.3, 0.4) is 0 Å². The fourth-order valence-corrected chi connectivity index (χ4v) is 4.67. The maximum Gasteiger partial charge on any atom is 0.243 e. The van der Waals surface area contributed by atoms with Crippen LogP contribution in [-0.2, 0) is 14.8 Å². The molecule has 0 bridgehead atoms. The van der Waals surface area contributed by atoms with Crippen molar-refractivity contribution >= 4 is 33.2 Å². The first kappa shape index (κ1) is 18.4. The van der Waals surface area contributed by atoms with E-state index in [1.807, 2.05) is 6.07 Å². The van der Waals surface area contributed by atoms with Crippen molar-refractivity contribution in [1.82, 2.24) is 4.31 Å². The number of carbonyl (C=O) groups is 1. The maximum atomic E-state index is 12.9. The van der Waals surface area contributed by atoms with Crippen LogP contribution in [0.1, 0.15) is 18.4 Å². The summed E-state index contributed by atoms with van der Waals surface area (Å²) in [5.41, 5.74) is 1.00. The zero-order valence-corrected chi connectivity index (χ0v) is 15.3. The highest BCUT2D eigenvalue weighted by Crippen LogP contribution is 2.27. The Kier molecular flexibility index (Phi) is 5.28. The van der Waals surface area contributed by atoms with Crippen molar-refractivity contribution in [3.05, 3.63) is 59.1 Å². The fourth-order valence-electron chi connectivity index (χ4n) is 2.89. The fraction of sp³-hybridized carbons (Fsp3) is 0.222. The van der Waals surface area contributed by atoms with Gasteiger partial charge in [-0.15, -0.1) is 0 Å². The van der Waals surface area contributed by atoms with E-state index >= 15 is 0 Å². The quantitative estimate of drug-likeness (QED) is 0.870. The summed E-state index contributed by atoms with van der Waals surface area (Å²) in [5.74, 6) is -0.384. The number of anilines is 1. The number of nitrogens with one attached hydrogen (secondary N) is 1. The normalized spacial score (nSPS) is 17.6. The van der Waals surface area contributed by atoms with E-state index in [1.165, 1.54) is 28.6 Å². The number of hydrogen-bond acceptors (Lipinski definition) is 4. The molecule has 2 aromatic carbocycles. The van der Waals surface area contributed by atoms with E-state index in [4.69, 9.17) is 16.9 Å². The van der Waals surface area contributed by atoms with Crippen LogP contribution in [0.25, 0.3) is 0 Å². The van der Waals surface area contributed by atoms with Gasteiger partial charge in [-0.3, -0.25) is 4.79 Å². The Balaban J connectivity index is 1.79. The zero-order valence-electron chi connectivity index (χ0n) is 13.7. The molecule has 3 rings (SSSR count). The highest BCUT2D eigenvalue weighted by Gasteiger charge is 2.39. The van der Waals surface area contributed by atoms with E-state index in [0.29, 0.717) is 29.1 Å². The average molecular weight is 390 g/mol. The van der Waals surface area contributed by atoms with Crippen LogP contribution in [0.4, 0.5) is 5.69 Å². The number of amides is 1. The number of halogens is 1. The molecule has 1 amide bonds. The lowest BCUT2D eigenvalue weighted by Crippen LogP contribution is -2.43. The standard InChI is InChI=1S/C18H16ClN3O3S/c19-14-5-9-16(10-6-14)26(24,25)22-11-1-2-17(22)18(23)21-15-7-3-13(12-20)4-8-15/h3-10,17H,1-2,11H2,(H,21,23)/t17-/m1/s1. The number of hydrogen-bond donors (Lipinski definition) is 1. The molecule has 1 fully saturated rings. The van der Waals surface area contributed by atoms with Crippen molar-refractivity contribution in [2.75, 3.05) is 11.9 Å². The number of carbonyl (C=O) groups excluding carboxylic acids is 1. The summed E-state index contributed by atoms with van der Waals surface area (Å²) in [6, 6.07) is 13.5. The van der Waals surface area contributed by atoms with E-state index in [1.54, 1.807) is 24.3 Å². The third kappa shape index (κ3) is 3.73. The molecule has 6 nitrogen and oxygen atoms in total. The summed E-state index contributed by atoms with van der Waals surface area (Å²) in [6.45, 7) is 0.288. The molecule has 1 saturated heterocycles. The molecule has 2 aromatic rings. The van der Waals surface area contributed by atoms with Crippen molar-refractivity contribution in [1.29, 1.82) is 5.26 Å². The predicted octanol–water partition coefficient (Wildman–Crippen LogP) is 3.00. The van der Waals surface area contributed by atoms with Gasteiger partial charge < -0.3 is 5.32 Å². The Labute approximate surface area is 157 Å².